The van der Waals surface area contributed by atoms with Crippen molar-refractivity contribution in [2.75, 3.05) is 26.2 Å². The highest BCUT2D eigenvalue weighted by Gasteiger charge is 2.33. The van der Waals surface area contributed by atoms with Crippen molar-refractivity contribution in [3.63, 3.8) is 0 Å². The molecule has 14 heavy (non-hydrogen) atoms. The third kappa shape index (κ3) is 2.48. The predicted molar refractivity (Wildman–Crippen MR) is 60.4 cm³/mol. The second kappa shape index (κ2) is 4.63. The van der Waals surface area contributed by atoms with E-state index in [1.165, 1.54) is 45.4 Å². The predicted octanol–water partition coefficient (Wildman–Crippen LogP) is 1.72. The van der Waals surface area contributed by atoms with Crippen LogP contribution in [0, 0.1) is 11.8 Å². The minimum atomic E-state index is 0.802. The summed E-state index contributed by atoms with van der Waals surface area (Å²) < 4.78 is 0. The van der Waals surface area contributed by atoms with Crippen molar-refractivity contribution in [3.05, 3.63) is 0 Å². The number of nitrogens with zero attached hydrogens (tertiary/aromatic N) is 1. The van der Waals surface area contributed by atoms with E-state index in [1.54, 1.807) is 0 Å². The summed E-state index contributed by atoms with van der Waals surface area (Å²) in [6.07, 6.45) is 4.18. The van der Waals surface area contributed by atoms with Crippen LogP contribution in [0.15, 0.2) is 0 Å². The second-order valence-corrected chi connectivity index (χ2v) is 5.38. The van der Waals surface area contributed by atoms with Crippen molar-refractivity contribution >= 4 is 0 Å². The maximum atomic E-state index is 3.74. The second-order valence-electron chi connectivity index (χ2n) is 5.38. The largest absolute Gasteiger partial charge is 0.312 e. The van der Waals surface area contributed by atoms with E-state index in [4.69, 9.17) is 0 Å². The van der Waals surface area contributed by atoms with Crippen LogP contribution in [0.5, 0.6) is 0 Å². The van der Waals surface area contributed by atoms with Crippen LogP contribution in [0.1, 0.15) is 33.1 Å². The highest BCUT2D eigenvalue weighted by molar-refractivity contribution is 4.90. The zero-order chi connectivity index (χ0) is 9.97. The first-order valence-corrected chi connectivity index (χ1v) is 6.21. The molecule has 0 saturated carbocycles. The number of hydrogen-bond acceptors (Lipinski definition) is 2. The van der Waals surface area contributed by atoms with Gasteiger partial charge < -0.3 is 10.2 Å². The molecule has 1 atom stereocenters. The zero-order valence-electron chi connectivity index (χ0n) is 9.63. The smallest absolute Gasteiger partial charge is 0.0224 e. The normalized spacial score (nSPS) is 36.6. The van der Waals surface area contributed by atoms with Gasteiger partial charge in [0.25, 0.3) is 0 Å². The van der Waals surface area contributed by atoms with Crippen LogP contribution in [-0.4, -0.2) is 37.1 Å². The van der Waals surface area contributed by atoms with E-state index in [0.717, 1.165) is 17.9 Å². The van der Waals surface area contributed by atoms with Crippen LogP contribution >= 0.6 is 0 Å². The number of fused-ring (bicyclic) bond motifs is 3. The third-order valence-corrected chi connectivity index (χ3v) is 3.78. The molecule has 0 radical (unpaired) electrons. The first-order chi connectivity index (χ1) is 6.75. The van der Waals surface area contributed by atoms with E-state index in [0.29, 0.717) is 0 Å². The first-order valence-electron chi connectivity index (χ1n) is 6.21. The summed E-state index contributed by atoms with van der Waals surface area (Å²) in [5, 5.41) is 3.74. The van der Waals surface area contributed by atoms with Crippen LogP contribution < -0.4 is 5.32 Å². The summed E-state index contributed by atoms with van der Waals surface area (Å²) in [5.41, 5.74) is 0. The summed E-state index contributed by atoms with van der Waals surface area (Å²) in [6.45, 7) is 9.84. The molecule has 3 rings (SSSR count). The van der Waals surface area contributed by atoms with Gasteiger partial charge >= 0.3 is 0 Å². The molecule has 0 aliphatic carbocycles. The van der Waals surface area contributed by atoms with Gasteiger partial charge in [-0.05, 0) is 50.7 Å². The minimum absolute atomic E-state index is 0.802. The lowest BCUT2D eigenvalue weighted by atomic mass is 9.84. The molecule has 3 heterocycles. The van der Waals surface area contributed by atoms with E-state index in [9.17, 15) is 0 Å². The van der Waals surface area contributed by atoms with Gasteiger partial charge in [-0.25, -0.2) is 0 Å². The Balaban J connectivity index is 1.71. The maximum Gasteiger partial charge on any atom is 0.0224 e. The van der Waals surface area contributed by atoms with Gasteiger partial charge in [0.1, 0.15) is 0 Å². The van der Waals surface area contributed by atoms with E-state index in [1.807, 2.05) is 0 Å². The van der Waals surface area contributed by atoms with Crippen molar-refractivity contribution in [1.29, 1.82) is 0 Å². The van der Waals surface area contributed by atoms with Crippen LogP contribution in [-0.2, 0) is 0 Å². The average Bonchev–Trinajstić information content (AvgIpc) is 2.19. The Morgan fingerprint density at radius 1 is 1.29 bits per heavy atom. The fraction of sp³-hybridized carbons (Fsp3) is 1.00. The number of nitrogens with one attached hydrogen (secondary N) is 1. The molecule has 3 aliphatic heterocycles. The molecule has 1 unspecified atom stereocenters. The maximum absolute atomic E-state index is 3.74. The molecule has 0 aromatic carbocycles. The van der Waals surface area contributed by atoms with Gasteiger partial charge in [0.15, 0.2) is 0 Å². The van der Waals surface area contributed by atoms with Gasteiger partial charge in [-0.15, -0.1) is 0 Å². The molecule has 3 fully saturated rings. The Bertz CT molecular complexity index is 171. The Hall–Kier alpha value is -0.0800. The van der Waals surface area contributed by atoms with Gasteiger partial charge in [0, 0.05) is 12.6 Å². The summed E-state index contributed by atoms with van der Waals surface area (Å²) >= 11 is 0. The molecule has 2 nitrogen and oxygen atoms in total. The van der Waals surface area contributed by atoms with Gasteiger partial charge in [0.2, 0.25) is 0 Å². The lowest BCUT2D eigenvalue weighted by Crippen LogP contribution is -2.56. The van der Waals surface area contributed by atoms with Crippen LogP contribution in [0.3, 0.4) is 0 Å². The van der Waals surface area contributed by atoms with Crippen molar-refractivity contribution in [3.8, 4) is 0 Å². The van der Waals surface area contributed by atoms with Gasteiger partial charge in [0.05, 0.1) is 0 Å². The molecule has 3 saturated heterocycles. The Labute approximate surface area is 88.1 Å². The molecule has 0 aromatic rings. The quantitative estimate of drug-likeness (QED) is 0.736. The fourth-order valence-electron chi connectivity index (χ4n) is 2.75. The van der Waals surface area contributed by atoms with Gasteiger partial charge in [-0.2, -0.15) is 0 Å². The number of piperidine rings is 3. The van der Waals surface area contributed by atoms with Crippen LogP contribution in [0.4, 0.5) is 0 Å². The summed E-state index contributed by atoms with van der Waals surface area (Å²) in [4.78, 5) is 2.62. The average molecular weight is 196 g/mol. The van der Waals surface area contributed by atoms with Crippen molar-refractivity contribution in [2.24, 2.45) is 11.8 Å². The van der Waals surface area contributed by atoms with Crippen molar-refractivity contribution < 1.29 is 0 Å². The molecular weight excluding hydrogens is 172 g/mol. The lowest BCUT2D eigenvalue weighted by molar-refractivity contribution is 0.0724. The van der Waals surface area contributed by atoms with Crippen molar-refractivity contribution in [2.45, 2.75) is 39.2 Å². The molecule has 2 heteroatoms. The molecule has 82 valence electrons. The summed E-state index contributed by atoms with van der Waals surface area (Å²) in [7, 11) is 0. The minimum Gasteiger partial charge on any atom is -0.312 e. The summed E-state index contributed by atoms with van der Waals surface area (Å²) in [6, 6.07) is 0.802. The third-order valence-electron chi connectivity index (χ3n) is 3.78. The zero-order valence-corrected chi connectivity index (χ0v) is 9.63. The molecule has 0 aromatic heterocycles. The van der Waals surface area contributed by atoms with Gasteiger partial charge in [-0.3, -0.25) is 0 Å². The monoisotopic (exact) mass is 196 g/mol. The molecule has 3 aliphatic rings. The Morgan fingerprint density at radius 2 is 2.00 bits per heavy atom. The first kappa shape index (κ1) is 10.4. The van der Waals surface area contributed by atoms with Crippen LogP contribution in [0.2, 0.25) is 0 Å². The Morgan fingerprint density at radius 3 is 2.50 bits per heavy atom. The van der Waals surface area contributed by atoms with E-state index >= 15 is 0 Å². The van der Waals surface area contributed by atoms with E-state index in [2.05, 4.69) is 24.1 Å². The molecule has 0 spiro atoms. The lowest BCUT2D eigenvalue weighted by Gasteiger charge is -2.45. The highest BCUT2D eigenvalue weighted by atomic mass is 15.2. The van der Waals surface area contributed by atoms with Crippen molar-refractivity contribution in [1.82, 2.24) is 10.2 Å². The highest BCUT2D eigenvalue weighted by Crippen LogP contribution is 2.27. The molecule has 1 N–H and O–H groups in total. The molecule has 2 bridgehead atoms. The van der Waals surface area contributed by atoms with E-state index < -0.39 is 0 Å². The summed E-state index contributed by atoms with van der Waals surface area (Å²) in [5.74, 6) is 1.82. The number of rotatable bonds is 4. The fourth-order valence-corrected chi connectivity index (χ4v) is 2.75. The SMILES string of the molecule is CC(C)CCNC1CN2CCC1CC2. The van der Waals surface area contributed by atoms with E-state index in [-0.39, 0.29) is 0 Å². The molecular formula is C12H24N2. The van der Waals surface area contributed by atoms with Crippen LogP contribution in [0.25, 0.3) is 0 Å². The molecule has 0 amide bonds. The topological polar surface area (TPSA) is 15.3 Å². The Kier molecular flexibility index (Phi) is 3.45. The number of hydrogen-bond donors (Lipinski definition) is 1. The standard InChI is InChI=1S/C12H24N2/c1-10(2)3-6-13-12-9-14-7-4-11(12)5-8-14/h10-13H,3-9H2,1-2H3. The van der Waals surface area contributed by atoms with Gasteiger partial charge in [-0.1, -0.05) is 13.8 Å².